The number of piperidine rings is 1. The van der Waals surface area contributed by atoms with Gasteiger partial charge in [0.15, 0.2) is 0 Å². The molecule has 0 aromatic carbocycles. The zero-order valence-corrected chi connectivity index (χ0v) is 8.91. The largest absolute Gasteiger partial charge is 0.379 e. The first-order valence-electron chi connectivity index (χ1n) is 5.84. The average molecular weight is 196 g/mol. The van der Waals surface area contributed by atoms with Gasteiger partial charge in [0.25, 0.3) is 0 Å². The summed E-state index contributed by atoms with van der Waals surface area (Å²) in [6.45, 7) is 5.83. The summed E-state index contributed by atoms with van der Waals surface area (Å²) in [5, 5.41) is 3.36. The quantitative estimate of drug-likeness (QED) is 0.696. The van der Waals surface area contributed by atoms with Crippen molar-refractivity contribution < 1.29 is 4.74 Å². The van der Waals surface area contributed by atoms with E-state index >= 15 is 0 Å². The van der Waals surface area contributed by atoms with E-state index in [2.05, 4.69) is 10.2 Å². The molecule has 3 nitrogen and oxygen atoms in total. The Bertz CT molecular complexity index is 211. The van der Waals surface area contributed by atoms with Crippen LogP contribution in [-0.2, 0) is 4.74 Å². The molecular weight excluding hydrogens is 176 g/mol. The first kappa shape index (κ1) is 9.13. The predicted octanol–water partition coefficient (Wildman–Crippen LogP) is 0.173. The van der Waals surface area contributed by atoms with Gasteiger partial charge < -0.3 is 15.0 Å². The van der Waals surface area contributed by atoms with Crippen molar-refractivity contribution in [1.82, 2.24) is 10.2 Å². The van der Waals surface area contributed by atoms with Gasteiger partial charge in [0.1, 0.15) is 0 Å². The van der Waals surface area contributed by atoms with Gasteiger partial charge in [-0.2, -0.15) is 0 Å². The average Bonchev–Trinajstić information content (AvgIpc) is 2.66. The Kier molecular flexibility index (Phi) is 2.26. The highest BCUT2D eigenvalue weighted by molar-refractivity contribution is 4.98. The molecule has 14 heavy (non-hydrogen) atoms. The van der Waals surface area contributed by atoms with Crippen molar-refractivity contribution in [3.63, 3.8) is 0 Å². The Morgan fingerprint density at radius 3 is 2.79 bits per heavy atom. The lowest BCUT2D eigenvalue weighted by molar-refractivity contribution is 0.170. The van der Waals surface area contributed by atoms with Crippen LogP contribution in [0, 0.1) is 17.8 Å². The Labute approximate surface area is 85.8 Å². The van der Waals surface area contributed by atoms with Gasteiger partial charge in [0.05, 0.1) is 13.2 Å². The molecule has 0 aromatic heterocycles. The highest BCUT2D eigenvalue weighted by Gasteiger charge is 2.45. The summed E-state index contributed by atoms with van der Waals surface area (Å²) in [7, 11) is 2.05. The van der Waals surface area contributed by atoms with Gasteiger partial charge in [-0.1, -0.05) is 0 Å². The molecule has 1 aliphatic carbocycles. The van der Waals surface area contributed by atoms with Crippen LogP contribution >= 0.6 is 0 Å². The standard InChI is InChI=1S/C11H20N2O/c1-12-11-7-14-6-10(11)5-13-3-8-2-9(8)4-13/h8-12H,2-7H2,1H3. The maximum atomic E-state index is 5.52. The van der Waals surface area contributed by atoms with Crippen LogP contribution in [0.15, 0.2) is 0 Å². The second kappa shape index (κ2) is 3.47. The van der Waals surface area contributed by atoms with Crippen LogP contribution in [0.5, 0.6) is 0 Å². The SMILES string of the molecule is CNC1COCC1CN1CC2CC2C1. The highest BCUT2D eigenvalue weighted by atomic mass is 16.5. The van der Waals surface area contributed by atoms with E-state index in [0.29, 0.717) is 6.04 Å². The van der Waals surface area contributed by atoms with Crippen LogP contribution in [-0.4, -0.2) is 50.8 Å². The molecule has 3 heteroatoms. The normalized spacial score (nSPS) is 46.9. The molecule has 0 aromatic rings. The number of nitrogens with one attached hydrogen (secondary N) is 1. The first-order chi connectivity index (χ1) is 6.86. The molecular formula is C11H20N2O. The van der Waals surface area contributed by atoms with Gasteiger partial charge in [-0.05, 0) is 25.3 Å². The van der Waals surface area contributed by atoms with Crippen LogP contribution in [0.25, 0.3) is 0 Å². The van der Waals surface area contributed by atoms with E-state index in [9.17, 15) is 0 Å². The van der Waals surface area contributed by atoms with Crippen molar-refractivity contribution in [2.45, 2.75) is 12.5 Å². The summed E-state index contributed by atoms with van der Waals surface area (Å²) in [4.78, 5) is 2.64. The monoisotopic (exact) mass is 196 g/mol. The fourth-order valence-corrected chi connectivity index (χ4v) is 3.07. The number of likely N-dealkylation sites (N-methyl/N-ethyl adjacent to an activating group) is 1. The van der Waals surface area contributed by atoms with Gasteiger partial charge in [-0.15, -0.1) is 0 Å². The van der Waals surface area contributed by atoms with Crippen LogP contribution in [0.1, 0.15) is 6.42 Å². The minimum absolute atomic E-state index is 0.590. The molecule has 0 spiro atoms. The summed E-state index contributed by atoms with van der Waals surface area (Å²) >= 11 is 0. The molecule has 2 saturated heterocycles. The molecule has 4 atom stereocenters. The number of fused-ring (bicyclic) bond motifs is 1. The number of rotatable bonds is 3. The zero-order valence-electron chi connectivity index (χ0n) is 8.91. The van der Waals surface area contributed by atoms with Crippen molar-refractivity contribution in [1.29, 1.82) is 0 Å². The van der Waals surface area contributed by atoms with E-state index in [4.69, 9.17) is 4.74 Å². The summed E-state index contributed by atoms with van der Waals surface area (Å²) in [5.74, 6) is 2.84. The van der Waals surface area contributed by atoms with Crippen LogP contribution in [0.4, 0.5) is 0 Å². The highest BCUT2D eigenvalue weighted by Crippen LogP contribution is 2.45. The van der Waals surface area contributed by atoms with Crippen LogP contribution in [0.3, 0.4) is 0 Å². The Balaban J connectivity index is 1.51. The third-order valence-electron chi connectivity index (χ3n) is 4.12. The molecule has 1 N–H and O–H groups in total. The van der Waals surface area contributed by atoms with Gasteiger partial charge in [-0.25, -0.2) is 0 Å². The van der Waals surface area contributed by atoms with Crippen molar-refractivity contribution in [3.05, 3.63) is 0 Å². The van der Waals surface area contributed by atoms with E-state index in [1.807, 2.05) is 7.05 Å². The summed E-state index contributed by atoms with van der Waals surface area (Å²) in [5.41, 5.74) is 0. The van der Waals surface area contributed by atoms with Crippen molar-refractivity contribution >= 4 is 0 Å². The third kappa shape index (κ3) is 1.58. The molecule has 0 amide bonds. The lowest BCUT2D eigenvalue weighted by Gasteiger charge is -2.24. The van der Waals surface area contributed by atoms with E-state index in [1.54, 1.807) is 0 Å². The molecule has 2 heterocycles. The van der Waals surface area contributed by atoms with Crippen LogP contribution in [0.2, 0.25) is 0 Å². The molecule has 0 bridgehead atoms. The molecule has 3 fully saturated rings. The van der Waals surface area contributed by atoms with E-state index < -0.39 is 0 Å². The van der Waals surface area contributed by atoms with Crippen molar-refractivity contribution in [3.8, 4) is 0 Å². The fraction of sp³-hybridized carbons (Fsp3) is 1.00. The number of hydrogen-bond donors (Lipinski definition) is 1. The van der Waals surface area contributed by atoms with Gasteiger partial charge in [0, 0.05) is 31.6 Å². The number of ether oxygens (including phenoxy) is 1. The van der Waals surface area contributed by atoms with Gasteiger partial charge >= 0.3 is 0 Å². The molecule has 1 saturated carbocycles. The van der Waals surface area contributed by atoms with E-state index in [0.717, 1.165) is 31.0 Å². The van der Waals surface area contributed by atoms with Crippen molar-refractivity contribution in [2.75, 3.05) is 39.9 Å². The Morgan fingerprint density at radius 1 is 1.29 bits per heavy atom. The molecule has 80 valence electrons. The molecule has 2 aliphatic heterocycles. The summed E-state index contributed by atoms with van der Waals surface area (Å²) < 4.78 is 5.52. The van der Waals surface area contributed by atoms with E-state index in [1.165, 1.54) is 26.1 Å². The minimum atomic E-state index is 0.590. The fourth-order valence-electron chi connectivity index (χ4n) is 3.07. The van der Waals surface area contributed by atoms with Gasteiger partial charge in [-0.3, -0.25) is 0 Å². The minimum Gasteiger partial charge on any atom is -0.379 e. The molecule has 3 aliphatic rings. The third-order valence-corrected chi connectivity index (χ3v) is 4.12. The summed E-state index contributed by atoms with van der Waals surface area (Å²) in [6, 6.07) is 0.590. The molecule has 3 rings (SSSR count). The molecule has 4 unspecified atom stereocenters. The zero-order chi connectivity index (χ0) is 9.54. The summed E-state index contributed by atoms with van der Waals surface area (Å²) in [6.07, 6.45) is 1.51. The van der Waals surface area contributed by atoms with Crippen LogP contribution < -0.4 is 5.32 Å². The van der Waals surface area contributed by atoms with Gasteiger partial charge in [0.2, 0.25) is 0 Å². The predicted molar refractivity (Wildman–Crippen MR) is 55.2 cm³/mol. The number of nitrogens with zero attached hydrogens (tertiary/aromatic N) is 1. The first-order valence-corrected chi connectivity index (χ1v) is 5.84. The second-order valence-corrected chi connectivity index (χ2v) is 5.17. The smallest absolute Gasteiger partial charge is 0.0623 e. The number of hydrogen-bond acceptors (Lipinski definition) is 3. The Morgan fingerprint density at radius 2 is 2.07 bits per heavy atom. The van der Waals surface area contributed by atoms with E-state index in [-0.39, 0.29) is 0 Å². The maximum absolute atomic E-state index is 5.52. The topological polar surface area (TPSA) is 24.5 Å². The Hall–Kier alpha value is -0.120. The lowest BCUT2D eigenvalue weighted by Crippen LogP contribution is -2.40. The second-order valence-electron chi connectivity index (χ2n) is 5.17. The maximum Gasteiger partial charge on any atom is 0.0623 e. The van der Waals surface area contributed by atoms with Crippen molar-refractivity contribution in [2.24, 2.45) is 17.8 Å². The molecule has 0 radical (unpaired) electrons. The number of likely N-dealkylation sites (tertiary alicyclic amines) is 1. The lowest BCUT2D eigenvalue weighted by atomic mass is 10.0.